The minimum absolute atomic E-state index is 0.192. The molecule has 2 N–H and O–H groups in total. The fourth-order valence-electron chi connectivity index (χ4n) is 2.80. The summed E-state index contributed by atoms with van der Waals surface area (Å²) in [6.45, 7) is 7.77. The van der Waals surface area contributed by atoms with Crippen molar-refractivity contribution in [2.24, 2.45) is 0 Å². The fourth-order valence-corrected chi connectivity index (χ4v) is 2.80. The van der Waals surface area contributed by atoms with Gasteiger partial charge >= 0.3 is 0 Å². The van der Waals surface area contributed by atoms with Crippen LogP contribution in [0.15, 0.2) is 60.7 Å². The summed E-state index contributed by atoms with van der Waals surface area (Å²) in [4.78, 5) is 13.5. The lowest BCUT2D eigenvalue weighted by atomic mass is 9.95. The molecule has 2 aromatic carbocycles. The molecule has 2 aromatic rings. The van der Waals surface area contributed by atoms with Crippen LogP contribution in [0, 0.1) is 0 Å². The average Bonchev–Trinajstić information content (AvgIpc) is 2.73. The molecule has 0 unspecified atom stereocenters. The molecular formula is C22H30N2O3. The molecule has 0 saturated carbocycles. The monoisotopic (exact) mass is 370 g/mol. The van der Waals surface area contributed by atoms with E-state index >= 15 is 0 Å². The maximum absolute atomic E-state index is 13.5. The first-order valence-electron chi connectivity index (χ1n) is 9.59. The van der Waals surface area contributed by atoms with Crippen LogP contribution in [0.1, 0.15) is 29.8 Å². The lowest BCUT2D eigenvalue weighted by molar-refractivity contribution is -0.208. The SMILES string of the molecule is CCNCCOC(OCCNCC)(C(=O)c1ccccc1)c1ccccc1. The maximum atomic E-state index is 13.5. The van der Waals surface area contributed by atoms with Gasteiger partial charge < -0.3 is 20.1 Å². The van der Waals surface area contributed by atoms with Crippen molar-refractivity contribution < 1.29 is 14.3 Å². The molecule has 5 nitrogen and oxygen atoms in total. The van der Waals surface area contributed by atoms with Crippen molar-refractivity contribution in [1.82, 2.24) is 10.6 Å². The molecule has 0 aliphatic heterocycles. The third-order valence-corrected chi connectivity index (χ3v) is 4.16. The number of carbonyl (C=O) groups excluding carboxylic acids is 1. The van der Waals surface area contributed by atoms with E-state index in [9.17, 15) is 4.79 Å². The number of hydrogen-bond acceptors (Lipinski definition) is 5. The minimum Gasteiger partial charge on any atom is -0.338 e. The summed E-state index contributed by atoms with van der Waals surface area (Å²) < 4.78 is 12.3. The van der Waals surface area contributed by atoms with E-state index in [2.05, 4.69) is 10.6 Å². The number of Topliss-reactive ketones (excluding diaryl/α,β-unsaturated/α-hetero) is 1. The predicted octanol–water partition coefficient (Wildman–Crippen LogP) is 2.97. The topological polar surface area (TPSA) is 59.6 Å². The Bertz CT molecular complexity index is 650. The van der Waals surface area contributed by atoms with E-state index in [1.165, 1.54) is 0 Å². The Kier molecular flexibility index (Phi) is 9.15. The predicted molar refractivity (Wildman–Crippen MR) is 108 cm³/mol. The second-order valence-electron chi connectivity index (χ2n) is 6.08. The first-order chi connectivity index (χ1) is 13.2. The molecular weight excluding hydrogens is 340 g/mol. The van der Waals surface area contributed by atoms with Gasteiger partial charge in [0.25, 0.3) is 5.79 Å². The van der Waals surface area contributed by atoms with Crippen LogP contribution in [0.5, 0.6) is 0 Å². The number of ether oxygens (including phenoxy) is 2. The summed E-state index contributed by atoms with van der Waals surface area (Å²) in [5, 5.41) is 6.45. The van der Waals surface area contributed by atoms with E-state index in [4.69, 9.17) is 9.47 Å². The minimum atomic E-state index is -1.46. The highest BCUT2D eigenvalue weighted by atomic mass is 16.7. The van der Waals surface area contributed by atoms with E-state index < -0.39 is 5.79 Å². The third kappa shape index (κ3) is 5.97. The average molecular weight is 370 g/mol. The van der Waals surface area contributed by atoms with E-state index in [-0.39, 0.29) is 5.78 Å². The van der Waals surface area contributed by atoms with E-state index in [0.29, 0.717) is 37.4 Å². The number of ketones is 1. The molecule has 0 spiro atoms. The Morgan fingerprint density at radius 2 is 1.30 bits per heavy atom. The molecule has 0 aromatic heterocycles. The van der Waals surface area contributed by atoms with Crippen molar-refractivity contribution >= 4 is 5.78 Å². The summed E-state index contributed by atoms with van der Waals surface area (Å²) >= 11 is 0. The van der Waals surface area contributed by atoms with E-state index in [1.807, 2.05) is 62.4 Å². The zero-order valence-electron chi connectivity index (χ0n) is 16.2. The second-order valence-corrected chi connectivity index (χ2v) is 6.08. The molecule has 0 amide bonds. The Morgan fingerprint density at radius 1 is 0.815 bits per heavy atom. The summed E-state index contributed by atoms with van der Waals surface area (Å²) in [6, 6.07) is 18.6. The number of rotatable bonds is 13. The molecule has 2 rings (SSSR count). The van der Waals surface area contributed by atoms with Crippen LogP contribution in [0.3, 0.4) is 0 Å². The van der Waals surface area contributed by atoms with Crippen molar-refractivity contribution in [1.29, 1.82) is 0 Å². The first-order valence-corrected chi connectivity index (χ1v) is 9.59. The molecule has 0 saturated heterocycles. The quantitative estimate of drug-likeness (QED) is 0.322. The van der Waals surface area contributed by atoms with Crippen molar-refractivity contribution in [2.45, 2.75) is 19.6 Å². The van der Waals surface area contributed by atoms with Crippen LogP contribution < -0.4 is 10.6 Å². The fraction of sp³-hybridized carbons (Fsp3) is 0.409. The number of carbonyl (C=O) groups is 1. The van der Waals surface area contributed by atoms with Gasteiger partial charge in [0, 0.05) is 24.2 Å². The summed E-state index contributed by atoms with van der Waals surface area (Å²) in [6.07, 6.45) is 0. The van der Waals surface area contributed by atoms with Gasteiger partial charge in [0.2, 0.25) is 5.78 Å². The zero-order valence-corrected chi connectivity index (χ0v) is 16.2. The molecule has 27 heavy (non-hydrogen) atoms. The highest BCUT2D eigenvalue weighted by molar-refractivity contribution is 6.02. The molecule has 5 heteroatoms. The van der Waals surface area contributed by atoms with Crippen LogP contribution >= 0.6 is 0 Å². The van der Waals surface area contributed by atoms with Crippen LogP contribution in [0.4, 0.5) is 0 Å². The van der Waals surface area contributed by atoms with E-state index in [1.54, 1.807) is 12.1 Å². The second kappa shape index (κ2) is 11.6. The lowest BCUT2D eigenvalue weighted by Crippen LogP contribution is -2.44. The van der Waals surface area contributed by atoms with Gasteiger partial charge in [0.05, 0.1) is 13.2 Å². The highest BCUT2D eigenvalue weighted by Crippen LogP contribution is 2.31. The lowest BCUT2D eigenvalue weighted by Gasteiger charge is -2.33. The highest BCUT2D eigenvalue weighted by Gasteiger charge is 2.43. The van der Waals surface area contributed by atoms with Gasteiger partial charge in [-0.1, -0.05) is 74.5 Å². The molecule has 0 heterocycles. The third-order valence-electron chi connectivity index (χ3n) is 4.16. The van der Waals surface area contributed by atoms with Crippen molar-refractivity contribution in [2.75, 3.05) is 39.4 Å². The maximum Gasteiger partial charge on any atom is 0.261 e. The van der Waals surface area contributed by atoms with Crippen molar-refractivity contribution in [3.05, 3.63) is 71.8 Å². The largest absolute Gasteiger partial charge is 0.338 e. The Morgan fingerprint density at radius 3 is 1.78 bits per heavy atom. The van der Waals surface area contributed by atoms with Gasteiger partial charge in [-0.2, -0.15) is 0 Å². The Hall–Kier alpha value is -2.05. The Labute approximate surface area is 162 Å². The van der Waals surface area contributed by atoms with Gasteiger partial charge in [-0.25, -0.2) is 0 Å². The van der Waals surface area contributed by atoms with Crippen LogP contribution in [0.25, 0.3) is 0 Å². The molecule has 0 atom stereocenters. The number of benzene rings is 2. The first kappa shape index (κ1) is 21.3. The summed E-state index contributed by atoms with van der Waals surface area (Å²) in [5.74, 6) is -1.66. The van der Waals surface area contributed by atoms with E-state index in [0.717, 1.165) is 13.1 Å². The van der Waals surface area contributed by atoms with Crippen molar-refractivity contribution in [3.8, 4) is 0 Å². The molecule has 0 fully saturated rings. The van der Waals surface area contributed by atoms with Crippen LogP contribution in [0.2, 0.25) is 0 Å². The van der Waals surface area contributed by atoms with Gasteiger partial charge in [-0.3, -0.25) is 4.79 Å². The molecule has 0 aliphatic carbocycles. The molecule has 0 aliphatic rings. The number of nitrogens with one attached hydrogen (secondary N) is 2. The normalized spacial score (nSPS) is 11.5. The van der Waals surface area contributed by atoms with Gasteiger partial charge in [-0.15, -0.1) is 0 Å². The molecule has 0 bridgehead atoms. The molecule has 0 radical (unpaired) electrons. The standard InChI is InChI=1S/C22H30N2O3/c1-3-23-15-17-26-22(27-18-16-24-4-2,20-13-9-6-10-14-20)21(25)19-11-7-5-8-12-19/h5-14,23-24H,3-4,15-18H2,1-2H3. The van der Waals surface area contributed by atoms with Gasteiger partial charge in [0.1, 0.15) is 0 Å². The van der Waals surface area contributed by atoms with Crippen molar-refractivity contribution in [3.63, 3.8) is 0 Å². The van der Waals surface area contributed by atoms with Crippen LogP contribution in [-0.2, 0) is 15.3 Å². The smallest absolute Gasteiger partial charge is 0.261 e. The molecule has 146 valence electrons. The summed E-state index contributed by atoms with van der Waals surface area (Å²) in [5.41, 5.74) is 1.26. The number of likely N-dealkylation sites (N-methyl/N-ethyl adjacent to an activating group) is 2. The zero-order chi connectivity index (χ0) is 19.4. The summed E-state index contributed by atoms with van der Waals surface area (Å²) in [7, 11) is 0. The number of hydrogen-bond donors (Lipinski definition) is 2. The van der Waals surface area contributed by atoms with Gasteiger partial charge in [0.15, 0.2) is 0 Å². The Balaban J connectivity index is 2.35. The van der Waals surface area contributed by atoms with Gasteiger partial charge in [-0.05, 0) is 13.1 Å². The van der Waals surface area contributed by atoms with Crippen LogP contribution in [-0.4, -0.2) is 45.2 Å².